The number of nitrogens with one attached hydrogen (secondary N) is 4. The molecule has 1 saturated heterocycles. The number of anilines is 1. The zero-order valence-electron chi connectivity index (χ0n) is 62.7. The molecule has 3 atom stereocenters. The molecule has 1 fully saturated rings. The Bertz CT molecular complexity index is 5330. The first-order valence-electron chi connectivity index (χ1n) is 36.5. The van der Waals surface area contributed by atoms with Gasteiger partial charge in [-0.3, -0.25) is 38.5 Å². The van der Waals surface area contributed by atoms with E-state index in [1.807, 2.05) is 146 Å². The normalized spacial score (nSPS) is 14.9. The van der Waals surface area contributed by atoms with Crippen molar-refractivity contribution in [1.82, 2.24) is 79.3 Å². The fraction of sp³-hybridized carbons (Fsp3) is 0.301. The third-order valence-electron chi connectivity index (χ3n) is 19.4. The molecule has 568 valence electrons. The molecule has 2 amide bonds. The third kappa shape index (κ3) is 19.3. The number of thioether (sulfide) groups is 1. The predicted molar refractivity (Wildman–Crippen MR) is 434 cm³/mol. The second-order valence-electron chi connectivity index (χ2n) is 27.8. The largest absolute Gasteiger partial charge is 0.475 e. The molecule has 0 aliphatic carbocycles. The molecule has 2 aliphatic rings. The van der Waals surface area contributed by atoms with Gasteiger partial charge in [0.15, 0.2) is 11.6 Å². The number of aromatic amines is 2. The first-order chi connectivity index (χ1) is 53.0. The highest BCUT2D eigenvalue weighted by Crippen LogP contribution is 2.38. The Kier molecular flexibility index (Phi) is 25.7. The number of carbonyl (C=O) groups is 3. The maximum atomic E-state index is 13.9. The van der Waals surface area contributed by atoms with Crippen LogP contribution in [0.3, 0.4) is 0 Å². The lowest BCUT2D eigenvalue weighted by molar-refractivity contribution is -0.132. The van der Waals surface area contributed by atoms with Gasteiger partial charge in [-0.1, -0.05) is 103 Å². The van der Waals surface area contributed by atoms with Crippen molar-refractivity contribution in [3.63, 3.8) is 0 Å². The van der Waals surface area contributed by atoms with Gasteiger partial charge in [0.2, 0.25) is 11.8 Å². The summed E-state index contributed by atoms with van der Waals surface area (Å²) in [6.45, 7) is 14.9. The predicted octanol–water partition coefficient (Wildman–Crippen LogP) is 15.9. The summed E-state index contributed by atoms with van der Waals surface area (Å²) in [6, 6.07) is 40.9. The monoisotopic (exact) mass is 1560 g/mol. The number of H-pyrrole nitrogens is 2. The van der Waals surface area contributed by atoms with E-state index in [2.05, 4.69) is 90.1 Å². The molecule has 27 heteroatoms. The Labute approximate surface area is 657 Å². The summed E-state index contributed by atoms with van der Waals surface area (Å²) in [5, 5.41) is 24.7. The summed E-state index contributed by atoms with van der Waals surface area (Å²) >= 11 is 19.8. The molecule has 0 radical (unpaired) electrons. The third-order valence-corrected chi connectivity index (χ3v) is 21.5. The van der Waals surface area contributed by atoms with Gasteiger partial charge in [0.1, 0.15) is 35.2 Å². The van der Waals surface area contributed by atoms with Gasteiger partial charge in [-0.25, -0.2) is 29.3 Å². The molecule has 8 aromatic heterocycles. The quantitative estimate of drug-likeness (QED) is 0.0438. The first-order valence-corrected chi connectivity index (χ1v) is 38.9. The molecule has 10 heterocycles. The number of ether oxygens (including phenoxy) is 1. The first kappa shape index (κ1) is 78.9. The lowest BCUT2D eigenvalue weighted by atomic mass is 9.95. The van der Waals surface area contributed by atoms with Gasteiger partial charge in [-0.2, -0.15) is 15.3 Å². The van der Waals surface area contributed by atoms with E-state index in [4.69, 9.17) is 39.5 Å². The number of pyridine rings is 3. The highest BCUT2D eigenvalue weighted by atomic mass is 35.5. The molecule has 2 aliphatic heterocycles. The van der Waals surface area contributed by atoms with E-state index >= 15 is 0 Å². The zero-order valence-corrected chi connectivity index (χ0v) is 65.8. The van der Waals surface area contributed by atoms with Crippen molar-refractivity contribution >= 4 is 86.5 Å². The molecule has 14 rings (SSSR count). The van der Waals surface area contributed by atoms with Crippen LogP contribution in [0.2, 0.25) is 15.1 Å². The van der Waals surface area contributed by atoms with Crippen LogP contribution in [0.15, 0.2) is 188 Å². The van der Waals surface area contributed by atoms with Crippen LogP contribution in [-0.4, -0.2) is 147 Å². The van der Waals surface area contributed by atoms with Crippen molar-refractivity contribution < 1.29 is 23.5 Å². The molecule has 0 unspecified atom stereocenters. The van der Waals surface area contributed by atoms with Crippen molar-refractivity contribution in [2.24, 2.45) is 14.1 Å². The Balaban J connectivity index is 0.000000163. The van der Waals surface area contributed by atoms with Gasteiger partial charge in [-0.05, 0) is 160 Å². The zero-order chi connectivity index (χ0) is 77.8. The molecule has 0 spiro atoms. The number of aryl methyl sites for hydroxylation is 2. The van der Waals surface area contributed by atoms with Gasteiger partial charge < -0.3 is 29.8 Å². The molecule has 4 aromatic carbocycles. The summed E-state index contributed by atoms with van der Waals surface area (Å²) in [5.74, 6) is 2.28. The Morgan fingerprint density at radius 2 is 1.59 bits per heavy atom. The fourth-order valence-corrected chi connectivity index (χ4v) is 15.0. The van der Waals surface area contributed by atoms with Crippen LogP contribution in [0, 0.1) is 5.82 Å². The van der Waals surface area contributed by atoms with Crippen molar-refractivity contribution in [3.8, 4) is 50.9 Å². The van der Waals surface area contributed by atoms with E-state index in [0.29, 0.717) is 95.5 Å². The van der Waals surface area contributed by atoms with Crippen LogP contribution >= 0.6 is 46.6 Å². The van der Waals surface area contributed by atoms with Crippen molar-refractivity contribution in [2.75, 3.05) is 44.3 Å². The maximum Gasteiger partial charge on any atom is 0.268 e. The number of ketones is 1. The molecule has 0 saturated carbocycles. The molecule has 22 nitrogen and oxygen atoms in total. The topological polar surface area (TPSA) is 258 Å². The van der Waals surface area contributed by atoms with Crippen molar-refractivity contribution in [3.05, 3.63) is 254 Å². The van der Waals surface area contributed by atoms with Crippen molar-refractivity contribution in [2.45, 2.75) is 109 Å². The number of halogens is 4. The number of carbonyl (C=O) groups excluding carboxylic acids is 3. The van der Waals surface area contributed by atoms with Gasteiger partial charge >= 0.3 is 0 Å². The average Bonchev–Trinajstić information content (AvgIpc) is 1.58. The highest BCUT2D eigenvalue weighted by Gasteiger charge is 2.44. The number of amides is 2. The summed E-state index contributed by atoms with van der Waals surface area (Å²) < 4.78 is 24.2. The fourth-order valence-electron chi connectivity index (χ4n) is 13.5. The van der Waals surface area contributed by atoms with Crippen LogP contribution in [0.5, 0.6) is 5.88 Å². The number of aromatic nitrogens is 13. The minimum Gasteiger partial charge on any atom is -0.475 e. The van der Waals surface area contributed by atoms with E-state index in [1.165, 1.54) is 17.7 Å². The number of likely N-dealkylation sites (tertiary alicyclic amines) is 1. The second kappa shape index (κ2) is 35.8. The van der Waals surface area contributed by atoms with Gasteiger partial charge in [0.25, 0.3) is 11.5 Å². The van der Waals surface area contributed by atoms with Crippen molar-refractivity contribution in [1.29, 1.82) is 0 Å². The average molecular weight is 1560 g/mol. The lowest BCUT2D eigenvalue weighted by Crippen LogP contribution is -2.44. The molecule has 110 heavy (non-hydrogen) atoms. The SMILES string of the molecule is CC[C@@H](NC(=O)c1cc(-c2cc(NC(C)C)ncc2Cl)c[nH]1)c1cccc(Cl)c1.CC[C@H](c1ccc(Cl)c(F)c1)n1ccc(-c2ccnc(Cc3ccnn3C)n2)cc1=O.CS[C@@]1(C(=O)Cc2ccc3[nH]nc(-c4ccc(OC(C)C)nc4)c3c2)CCN(CC(=O)N2CC=C(c3ccc(-c4ncn(C)n4)cc3)CC2)C1. The molecular weight excluding hydrogens is 1470 g/mol. The number of hydrogen-bond acceptors (Lipinski definition) is 16. The second-order valence-corrected chi connectivity index (χ2v) is 30.2. The number of benzene rings is 4. The summed E-state index contributed by atoms with van der Waals surface area (Å²) in [5.41, 5.74) is 12.8. The van der Waals surface area contributed by atoms with E-state index in [0.717, 1.165) is 92.9 Å². The number of rotatable bonds is 24. The van der Waals surface area contributed by atoms with Crippen LogP contribution in [0.25, 0.3) is 61.5 Å². The number of nitrogens with zero attached hydrogens (tertiary/aromatic N) is 13. The summed E-state index contributed by atoms with van der Waals surface area (Å²) in [4.78, 5) is 82.1. The summed E-state index contributed by atoms with van der Waals surface area (Å²) in [6.07, 6.45) is 20.0. The Hall–Kier alpha value is -10.6. The van der Waals surface area contributed by atoms with E-state index in [9.17, 15) is 23.6 Å². The number of fused-ring (bicyclic) bond motifs is 1. The molecule has 12 aromatic rings. The van der Waals surface area contributed by atoms with Crippen LogP contribution in [0.4, 0.5) is 10.2 Å². The van der Waals surface area contributed by atoms with Crippen LogP contribution < -0.4 is 20.9 Å². The Morgan fingerprint density at radius 3 is 2.27 bits per heavy atom. The highest BCUT2D eigenvalue weighted by molar-refractivity contribution is 8.00. The van der Waals surface area contributed by atoms with Crippen LogP contribution in [0.1, 0.15) is 124 Å². The van der Waals surface area contributed by atoms with Gasteiger partial charge in [-0.15, -0.1) is 11.8 Å². The van der Waals surface area contributed by atoms with E-state index < -0.39 is 10.6 Å². The maximum absolute atomic E-state index is 13.9. The lowest BCUT2D eigenvalue weighted by Gasteiger charge is -2.29. The standard InChI is InChI=1S/C38H42N8O3S.C23H21ClFN5O.C22H24Cl2N4O/c1-25(2)49-34-12-10-30(21-39-34)36-31-19-26(5-11-32(31)41-42-36)20-33(47)38(50-4)15-18-45(23-38)22-35(48)46-16-13-28(14-17-46)27-6-8-29(9-7-27)37-40-24-44(3)43-37;1-3-21(16-4-5-18(24)19(25)12-16)30-11-8-15(13-23(30)31)20-7-9-26-22(28-20)14-17-6-10-27-29(17)2;1-4-19(14-6-5-7-16(23)8-14)28-22(29)20-9-15(11-25-20)17-10-21(27-13(2)3)26-12-18(17)24/h5-13,19,21,24-25H,14-18,20,22-23H2,1-4H3,(H,41,42);4-13,21H,3,14H2,1-2H3;5-13,19,25H,4H2,1-3H3,(H,26,27)(H,28,29)/t38-;21-;19-/m011/s1. The van der Waals surface area contributed by atoms with Gasteiger partial charge in [0.05, 0.1) is 50.7 Å². The molecular formula is C83H87Cl3FN17O5S. The smallest absolute Gasteiger partial charge is 0.268 e. The molecule has 0 bridgehead atoms. The van der Waals surface area contributed by atoms with E-state index in [1.54, 1.807) is 93.5 Å². The van der Waals surface area contributed by atoms with E-state index in [-0.39, 0.29) is 52.4 Å². The Morgan fingerprint density at radius 1 is 0.782 bits per heavy atom. The minimum atomic E-state index is -0.545. The number of hydrogen-bond donors (Lipinski definition) is 4. The summed E-state index contributed by atoms with van der Waals surface area (Å²) in [7, 11) is 3.73. The molecule has 4 N–H and O–H groups in total. The van der Waals surface area contributed by atoms with Gasteiger partial charge in [0, 0.05) is 152 Å². The minimum absolute atomic E-state index is 0.0462. The van der Waals surface area contributed by atoms with Crippen LogP contribution in [-0.2, 0) is 36.5 Å². The number of Topliss-reactive ketones (excluding diaryl/α,β-unsaturated/α-hetero) is 1.